The molecule has 0 bridgehead atoms. The van der Waals surface area contributed by atoms with Crippen LogP contribution in [0.25, 0.3) is 0 Å². The Morgan fingerprint density at radius 3 is 3.00 bits per heavy atom. The first-order chi connectivity index (χ1) is 14.5. The monoisotopic (exact) mass is 423 g/mol. The number of benzene rings is 1. The minimum Gasteiger partial charge on any atom is -0.435 e. The van der Waals surface area contributed by atoms with Crippen LogP contribution in [0, 0.1) is 5.92 Å². The normalized spacial score (nSPS) is 19.8. The van der Waals surface area contributed by atoms with Gasteiger partial charge in [-0.3, -0.25) is 9.48 Å². The highest BCUT2D eigenvalue weighted by atomic mass is 19.3. The van der Waals surface area contributed by atoms with Gasteiger partial charge in [-0.05, 0) is 43.5 Å². The number of methoxy groups -OCH3 is 1. The zero-order valence-electron chi connectivity index (χ0n) is 17.1. The molecule has 164 valence electrons. The van der Waals surface area contributed by atoms with Crippen LogP contribution >= 0.6 is 0 Å². The van der Waals surface area contributed by atoms with E-state index in [0.29, 0.717) is 31.7 Å². The number of amides is 1. The number of ether oxygens (including phenoxy) is 3. The number of carbonyl (C=O) groups excluding carboxylic acids is 1. The molecule has 1 aliphatic rings. The molecule has 1 amide bonds. The van der Waals surface area contributed by atoms with Crippen molar-refractivity contribution in [3.63, 3.8) is 0 Å². The summed E-state index contributed by atoms with van der Waals surface area (Å²) in [5.74, 6) is -0.439. The molecule has 3 rings (SSSR count). The van der Waals surface area contributed by atoms with Gasteiger partial charge in [-0.25, -0.2) is 0 Å². The Kier molecular flexibility index (Phi) is 7.75. The van der Waals surface area contributed by atoms with E-state index in [-0.39, 0.29) is 29.7 Å². The predicted molar refractivity (Wildman–Crippen MR) is 105 cm³/mol. The lowest BCUT2D eigenvalue weighted by Crippen LogP contribution is -2.34. The molecule has 1 unspecified atom stereocenters. The Balaban J connectivity index is 1.66. The van der Waals surface area contributed by atoms with E-state index >= 15 is 0 Å². The first-order valence-corrected chi connectivity index (χ1v) is 9.97. The maximum atomic E-state index is 13.0. The number of nitrogens with zero attached hydrogens (tertiary/aromatic N) is 2. The molecule has 1 N–H and O–H groups in total. The third-order valence-electron chi connectivity index (χ3n) is 5.13. The molecule has 30 heavy (non-hydrogen) atoms. The summed E-state index contributed by atoms with van der Waals surface area (Å²) in [5, 5.41) is 7.31. The fraction of sp³-hybridized carbons (Fsp3) is 0.524. The highest BCUT2D eigenvalue weighted by Gasteiger charge is 2.37. The van der Waals surface area contributed by atoms with Gasteiger partial charge in [0.05, 0.1) is 17.7 Å². The molecule has 1 aromatic heterocycles. The van der Waals surface area contributed by atoms with Crippen molar-refractivity contribution >= 4 is 5.91 Å². The second-order valence-corrected chi connectivity index (χ2v) is 7.19. The number of halogens is 2. The number of carbonyl (C=O) groups is 1. The summed E-state index contributed by atoms with van der Waals surface area (Å²) < 4.78 is 42.2. The van der Waals surface area contributed by atoms with Crippen LogP contribution in [0.15, 0.2) is 36.5 Å². The molecule has 9 heteroatoms. The number of nitrogens with one attached hydrogen (secondary N) is 1. The summed E-state index contributed by atoms with van der Waals surface area (Å²) >= 11 is 0. The van der Waals surface area contributed by atoms with E-state index in [1.165, 1.54) is 12.1 Å². The van der Waals surface area contributed by atoms with Gasteiger partial charge in [-0.1, -0.05) is 12.1 Å². The van der Waals surface area contributed by atoms with E-state index < -0.39 is 6.61 Å². The van der Waals surface area contributed by atoms with Crippen LogP contribution in [0.5, 0.6) is 5.75 Å². The summed E-state index contributed by atoms with van der Waals surface area (Å²) in [6.07, 6.45) is 2.73. The van der Waals surface area contributed by atoms with Crippen LogP contribution in [-0.4, -0.2) is 42.6 Å². The Morgan fingerprint density at radius 1 is 1.40 bits per heavy atom. The third-order valence-corrected chi connectivity index (χ3v) is 5.13. The number of rotatable bonds is 10. The highest BCUT2D eigenvalue weighted by molar-refractivity contribution is 5.80. The second-order valence-electron chi connectivity index (χ2n) is 7.19. The lowest BCUT2D eigenvalue weighted by atomic mass is 9.97. The van der Waals surface area contributed by atoms with Gasteiger partial charge < -0.3 is 19.5 Å². The minimum atomic E-state index is -2.89. The molecule has 1 aliphatic heterocycles. The molecule has 3 atom stereocenters. The lowest BCUT2D eigenvalue weighted by Gasteiger charge is -2.22. The van der Waals surface area contributed by atoms with E-state index in [2.05, 4.69) is 15.2 Å². The van der Waals surface area contributed by atoms with E-state index in [4.69, 9.17) is 9.47 Å². The summed E-state index contributed by atoms with van der Waals surface area (Å²) in [4.78, 5) is 13.0. The smallest absolute Gasteiger partial charge is 0.387 e. The van der Waals surface area contributed by atoms with Gasteiger partial charge in [0.2, 0.25) is 5.91 Å². The number of aromatic nitrogens is 2. The van der Waals surface area contributed by atoms with Gasteiger partial charge in [0, 0.05) is 33.1 Å². The maximum absolute atomic E-state index is 13.0. The summed E-state index contributed by atoms with van der Waals surface area (Å²) in [6, 6.07) is 7.84. The summed E-state index contributed by atoms with van der Waals surface area (Å²) in [6.45, 7) is 0.700. The number of hydrogen-bond acceptors (Lipinski definition) is 5. The Morgan fingerprint density at radius 2 is 2.23 bits per heavy atom. The molecule has 1 aromatic carbocycles. The van der Waals surface area contributed by atoms with Crippen molar-refractivity contribution < 1.29 is 27.8 Å². The lowest BCUT2D eigenvalue weighted by molar-refractivity contribution is -0.127. The van der Waals surface area contributed by atoms with Crippen molar-refractivity contribution in [1.29, 1.82) is 0 Å². The number of aryl methyl sites for hydroxylation is 1. The average Bonchev–Trinajstić information content (AvgIpc) is 3.36. The quantitative estimate of drug-likeness (QED) is 0.593. The summed E-state index contributed by atoms with van der Waals surface area (Å²) in [5.41, 5.74) is 1.55. The minimum absolute atomic E-state index is 0.0608. The van der Waals surface area contributed by atoms with Crippen LogP contribution in [0.1, 0.15) is 43.2 Å². The Bertz CT molecular complexity index is 830. The molecule has 1 saturated heterocycles. The first-order valence-electron chi connectivity index (χ1n) is 9.97. The molecule has 0 spiro atoms. The topological polar surface area (TPSA) is 74.6 Å². The fourth-order valence-corrected chi connectivity index (χ4v) is 3.64. The average molecular weight is 423 g/mol. The van der Waals surface area contributed by atoms with Crippen LogP contribution in [0.2, 0.25) is 0 Å². The largest absolute Gasteiger partial charge is 0.435 e. The molecular weight excluding hydrogens is 396 g/mol. The fourth-order valence-electron chi connectivity index (χ4n) is 3.64. The van der Waals surface area contributed by atoms with Crippen molar-refractivity contribution in [2.45, 2.75) is 45.1 Å². The van der Waals surface area contributed by atoms with Crippen molar-refractivity contribution in [3.8, 4) is 5.75 Å². The molecular formula is C21H27F2N3O4. The second kappa shape index (κ2) is 10.5. The Labute approximate surface area is 174 Å². The predicted octanol–water partition coefficient (Wildman–Crippen LogP) is 3.48. The Hall–Kier alpha value is -2.52. The number of hydrogen-bond donors (Lipinski definition) is 1. The molecule has 2 aromatic rings. The zero-order chi connectivity index (χ0) is 21.5. The first kappa shape index (κ1) is 22.2. The van der Waals surface area contributed by atoms with Crippen LogP contribution < -0.4 is 10.1 Å². The van der Waals surface area contributed by atoms with E-state index in [1.807, 2.05) is 10.7 Å². The molecule has 7 nitrogen and oxygen atoms in total. The van der Waals surface area contributed by atoms with Crippen LogP contribution in [0.4, 0.5) is 8.78 Å². The van der Waals surface area contributed by atoms with Gasteiger partial charge in [0.1, 0.15) is 11.9 Å². The van der Waals surface area contributed by atoms with E-state index in [0.717, 1.165) is 12.1 Å². The van der Waals surface area contributed by atoms with Crippen molar-refractivity contribution in [3.05, 3.63) is 47.8 Å². The molecule has 1 fully saturated rings. The third kappa shape index (κ3) is 5.54. The van der Waals surface area contributed by atoms with Crippen LogP contribution in [0.3, 0.4) is 0 Å². The van der Waals surface area contributed by atoms with E-state index in [1.54, 1.807) is 32.4 Å². The highest BCUT2D eigenvalue weighted by Crippen LogP contribution is 2.35. The molecule has 0 radical (unpaired) electrons. The van der Waals surface area contributed by atoms with E-state index in [9.17, 15) is 13.6 Å². The van der Waals surface area contributed by atoms with Gasteiger partial charge >= 0.3 is 6.61 Å². The molecule has 0 saturated carbocycles. The van der Waals surface area contributed by atoms with Crippen LogP contribution in [-0.2, 0) is 20.8 Å². The van der Waals surface area contributed by atoms with Crippen molar-refractivity contribution in [2.24, 2.45) is 5.92 Å². The van der Waals surface area contributed by atoms with Gasteiger partial charge in [-0.15, -0.1) is 0 Å². The number of alkyl halides is 2. The van der Waals surface area contributed by atoms with Crippen molar-refractivity contribution in [2.75, 3.05) is 20.3 Å². The van der Waals surface area contributed by atoms with Gasteiger partial charge in [0.25, 0.3) is 0 Å². The van der Waals surface area contributed by atoms with Crippen molar-refractivity contribution in [1.82, 2.24) is 15.1 Å². The molecule has 0 aliphatic carbocycles. The maximum Gasteiger partial charge on any atom is 0.387 e. The van der Waals surface area contributed by atoms with Gasteiger partial charge in [-0.2, -0.15) is 13.9 Å². The summed E-state index contributed by atoms with van der Waals surface area (Å²) in [7, 11) is 1.65. The standard InChI is InChI=1S/C21H27F2N3O4/c1-14(15-5-3-6-16(13-15)30-21(22)23)25-20(27)17-8-12-29-19(17)18-7-9-24-26(18)10-4-11-28-2/h3,5-7,9,13-14,17,19,21H,4,8,10-12H2,1-2H3,(H,25,27)/t14?,17-,19-/m0/s1. The molecule has 2 heterocycles. The zero-order valence-corrected chi connectivity index (χ0v) is 17.1. The van der Waals surface area contributed by atoms with Gasteiger partial charge in [0.15, 0.2) is 0 Å². The SMILES string of the molecule is COCCCn1nccc1[C@H]1OCC[C@@H]1C(=O)NC(C)c1cccc(OC(F)F)c1.